The molecule has 0 fully saturated rings. The highest BCUT2D eigenvalue weighted by atomic mass is 32.1. The third kappa shape index (κ3) is 2.72. The van der Waals surface area contributed by atoms with Gasteiger partial charge in [-0.1, -0.05) is 18.2 Å². The van der Waals surface area contributed by atoms with Crippen molar-refractivity contribution >= 4 is 11.3 Å². The molecule has 0 saturated heterocycles. The molecule has 0 aliphatic carbocycles. The lowest BCUT2D eigenvalue weighted by molar-refractivity contribution is 0.256. The Labute approximate surface area is 124 Å². The predicted molar refractivity (Wildman–Crippen MR) is 82.6 cm³/mol. The monoisotopic (exact) mass is 288 g/mol. The summed E-state index contributed by atoms with van der Waals surface area (Å²) >= 11 is 1.72. The van der Waals surface area contributed by atoms with Crippen molar-refractivity contribution in [1.82, 2.24) is 10.3 Å². The number of hydrogen-bond acceptors (Lipinski definition) is 4. The summed E-state index contributed by atoms with van der Waals surface area (Å²) in [5.74, 6) is 1.59. The molecule has 20 heavy (non-hydrogen) atoms. The quantitative estimate of drug-likeness (QED) is 0.932. The minimum Gasteiger partial charge on any atom is -0.493 e. The van der Waals surface area contributed by atoms with Crippen molar-refractivity contribution in [2.24, 2.45) is 0 Å². The van der Waals surface area contributed by atoms with Gasteiger partial charge in [-0.15, -0.1) is 11.3 Å². The number of fused-ring (bicyclic) bond motifs is 1. The van der Waals surface area contributed by atoms with Crippen LogP contribution in [-0.4, -0.2) is 18.6 Å². The zero-order valence-electron chi connectivity index (χ0n) is 11.9. The number of benzene rings is 1. The second-order valence-corrected chi connectivity index (χ2v) is 6.30. The van der Waals surface area contributed by atoms with Crippen LogP contribution in [0.4, 0.5) is 0 Å². The zero-order chi connectivity index (χ0) is 13.9. The van der Waals surface area contributed by atoms with Crippen molar-refractivity contribution in [1.29, 1.82) is 0 Å². The Morgan fingerprint density at radius 2 is 2.30 bits per heavy atom. The van der Waals surface area contributed by atoms with Gasteiger partial charge in [0.05, 0.1) is 23.4 Å². The molecule has 1 aliphatic heterocycles. The average molecular weight is 288 g/mol. The zero-order valence-corrected chi connectivity index (χ0v) is 12.7. The lowest BCUT2D eigenvalue weighted by Crippen LogP contribution is -2.22. The van der Waals surface area contributed by atoms with Crippen LogP contribution in [0, 0.1) is 6.92 Å². The van der Waals surface area contributed by atoms with Gasteiger partial charge in [0.25, 0.3) is 0 Å². The molecule has 3 nitrogen and oxygen atoms in total. The first-order chi connectivity index (χ1) is 9.78. The van der Waals surface area contributed by atoms with E-state index < -0.39 is 0 Å². The van der Waals surface area contributed by atoms with E-state index in [9.17, 15) is 0 Å². The number of ether oxygens (including phenoxy) is 1. The second-order valence-electron chi connectivity index (χ2n) is 5.24. The summed E-state index contributed by atoms with van der Waals surface area (Å²) < 4.78 is 5.74. The summed E-state index contributed by atoms with van der Waals surface area (Å²) in [6, 6.07) is 8.72. The molecule has 1 aromatic heterocycles. The average Bonchev–Trinajstić information content (AvgIpc) is 2.91. The molecule has 0 spiro atoms. The first-order valence-corrected chi connectivity index (χ1v) is 7.97. The largest absolute Gasteiger partial charge is 0.493 e. The Morgan fingerprint density at radius 1 is 1.45 bits per heavy atom. The molecule has 1 N–H and O–H groups in total. The minimum absolute atomic E-state index is 0.316. The fraction of sp³-hybridized carbons (Fsp3) is 0.438. The molecular weight excluding hydrogens is 268 g/mol. The molecule has 4 heteroatoms. The normalized spacial score (nSPS) is 19.2. The summed E-state index contributed by atoms with van der Waals surface area (Å²) in [7, 11) is 2.02. The molecular formula is C16H20N2OS. The van der Waals surface area contributed by atoms with Crippen molar-refractivity contribution in [3.8, 4) is 5.75 Å². The van der Waals surface area contributed by atoms with Crippen molar-refractivity contribution in [2.75, 3.05) is 13.7 Å². The van der Waals surface area contributed by atoms with E-state index in [1.807, 2.05) is 13.1 Å². The summed E-state index contributed by atoms with van der Waals surface area (Å²) in [5.41, 5.74) is 2.50. The SMILES string of the molecule is CNC(CC1CCOc2ccccc21)c1csc(C)n1. The fourth-order valence-electron chi connectivity index (χ4n) is 2.87. The Morgan fingerprint density at radius 3 is 3.05 bits per heavy atom. The van der Waals surface area contributed by atoms with E-state index in [1.165, 1.54) is 11.3 Å². The third-order valence-electron chi connectivity index (χ3n) is 3.95. The fourth-order valence-corrected chi connectivity index (χ4v) is 3.54. The maximum absolute atomic E-state index is 5.74. The Hall–Kier alpha value is -1.39. The number of aryl methyl sites for hydroxylation is 1. The van der Waals surface area contributed by atoms with Crippen LogP contribution in [0.2, 0.25) is 0 Å². The summed E-state index contributed by atoms with van der Waals surface area (Å²) in [6.07, 6.45) is 2.15. The molecule has 0 bridgehead atoms. The third-order valence-corrected chi connectivity index (χ3v) is 4.74. The van der Waals surface area contributed by atoms with Gasteiger partial charge in [0.2, 0.25) is 0 Å². The molecule has 0 saturated carbocycles. The molecule has 106 valence electrons. The van der Waals surface area contributed by atoms with Crippen LogP contribution < -0.4 is 10.1 Å². The van der Waals surface area contributed by atoms with Crippen LogP contribution in [0.15, 0.2) is 29.6 Å². The van der Waals surface area contributed by atoms with Crippen molar-refractivity contribution < 1.29 is 4.74 Å². The van der Waals surface area contributed by atoms with Gasteiger partial charge >= 0.3 is 0 Å². The van der Waals surface area contributed by atoms with Crippen LogP contribution in [0.5, 0.6) is 5.75 Å². The number of rotatable bonds is 4. The van der Waals surface area contributed by atoms with E-state index in [1.54, 1.807) is 11.3 Å². The first kappa shape index (κ1) is 13.6. The van der Waals surface area contributed by atoms with Crippen LogP contribution >= 0.6 is 11.3 Å². The van der Waals surface area contributed by atoms with Crippen LogP contribution in [0.1, 0.15) is 41.1 Å². The number of nitrogens with one attached hydrogen (secondary N) is 1. The molecule has 2 aromatic rings. The highest BCUT2D eigenvalue weighted by molar-refractivity contribution is 7.09. The smallest absolute Gasteiger partial charge is 0.122 e. The molecule has 2 heterocycles. The lowest BCUT2D eigenvalue weighted by atomic mass is 9.87. The van der Waals surface area contributed by atoms with Crippen LogP contribution in [0.3, 0.4) is 0 Å². The van der Waals surface area contributed by atoms with Gasteiger partial charge in [-0.25, -0.2) is 4.98 Å². The van der Waals surface area contributed by atoms with E-state index in [4.69, 9.17) is 4.74 Å². The predicted octanol–water partition coefficient (Wildman–Crippen LogP) is 3.67. The van der Waals surface area contributed by atoms with Crippen LogP contribution in [0.25, 0.3) is 0 Å². The Bertz CT molecular complexity index is 581. The number of nitrogens with zero attached hydrogens (tertiary/aromatic N) is 1. The van der Waals surface area contributed by atoms with E-state index in [0.717, 1.165) is 30.2 Å². The maximum atomic E-state index is 5.74. The molecule has 2 atom stereocenters. The van der Waals surface area contributed by atoms with E-state index in [2.05, 4.69) is 40.8 Å². The van der Waals surface area contributed by atoms with E-state index in [0.29, 0.717) is 12.0 Å². The summed E-state index contributed by atoms with van der Waals surface area (Å²) in [5, 5.41) is 6.71. The molecule has 3 rings (SSSR count). The van der Waals surface area contributed by atoms with Gasteiger partial charge in [0.1, 0.15) is 5.75 Å². The number of thiazole rings is 1. The highest BCUT2D eigenvalue weighted by Crippen LogP contribution is 2.38. The van der Waals surface area contributed by atoms with Gasteiger partial charge in [0, 0.05) is 5.38 Å². The topological polar surface area (TPSA) is 34.1 Å². The summed E-state index contributed by atoms with van der Waals surface area (Å²) in [6.45, 7) is 2.87. The van der Waals surface area contributed by atoms with E-state index in [-0.39, 0.29) is 0 Å². The number of hydrogen-bond donors (Lipinski definition) is 1. The standard InChI is InChI=1S/C16H20N2OS/c1-11-18-15(10-20-11)14(17-2)9-12-7-8-19-16-6-4-3-5-13(12)16/h3-6,10,12,14,17H,7-9H2,1-2H3. The second kappa shape index (κ2) is 5.94. The van der Waals surface area contributed by atoms with Gasteiger partial charge in [0.15, 0.2) is 0 Å². The molecule has 0 amide bonds. The summed E-state index contributed by atoms with van der Waals surface area (Å²) in [4.78, 5) is 4.63. The number of aromatic nitrogens is 1. The molecule has 0 radical (unpaired) electrons. The molecule has 2 unspecified atom stereocenters. The Balaban J connectivity index is 1.80. The van der Waals surface area contributed by atoms with Gasteiger partial charge in [-0.3, -0.25) is 0 Å². The van der Waals surface area contributed by atoms with Gasteiger partial charge in [-0.2, -0.15) is 0 Å². The highest BCUT2D eigenvalue weighted by Gasteiger charge is 2.25. The minimum atomic E-state index is 0.316. The van der Waals surface area contributed by atoms with Crippen molar-refractivity contribution in [3.63, 3.8) is 0 Å². The number of para-hydroxylation sites is 1. The van der Waals surface area contributed by atoms with Crippen LogP contribution in [-0.2, 0) is 0 Å². The van der Waals surface area contributed by atoms with Gasteiger partial charge < -0.3 is 10.1 Å². The Kier molecular flexibility index (Phi) is 4.03. The maximum Gasteiger partial charge on any atom is 0.122 e. The van der Waals surface area contributed by atoms with Gasteiger partial charge in [-0.05, 0) is 44.4 Å². The van der Waals surface area contributed by atoms with Crippen molar-refractivity contribution in [2.45, 2.75) is 31.7 Å². The first-order valence-electron chi connectivity index (χ1n) is 7.09. The van der Waals surface area contributed by atoms with E-state index >= 15 is 0 Å². The molecule has 1 aromatic carbocycles. The van der Waals surface area contributed by atoms with Crippen molar-refractivity contribution in [3.05, 3.63) is 45.9 Å². The molecule has 1 aliphatic rings. The lowest BCUT2D eigenvalue weighted by Gasteiger charge is -2.28.